The largest absolute Gasteiger partial charge is 0.488 e. The lowest BCUT2D eigenvalue weighted by atomic mass is 10.2. The lowest BCUT2D eigenvalue weighted by Crippen LogP contribution is -1.98. The second-order valence-corrected chi connectivity index (χ2v) is 5.93. The second-order valence-electron chi connectivity index (χ2n) is 5.50. The van der Waals surface area contributed by atoms with Crippen LogP contribution < -0.4 is 4.74 Å². The van der Waals surface area contributed by atoms with E-state index in [0.29, 0.717) is 6.61 Å². The highest BCUT2D eigenvalue weighted by atomic mass is 35.5. The zero-order valence-corrected chi connectivity index (χ0v) is 14.2. The highest BCUT2D eigenvalue weighted by Gasteiger charge is 2.02. The van der Waals surface area contributed by atoms with Gasteiger partial charge in [-0.05, 0) is 48.4 Å². The number of aryl methyl sites for hydroxylation is 1. The van der Waals surface area contributed by atoms with Gasteiger partial charge in [0, 0.05) is 16.8 Å². The van der Waals surface area contributed by atoms with Gasteiger partial charge in [-0.3, -0.25) is 4.99 Å². The topological polar surface area (TPSA) is 21.6 Å². The van der Waals surface area contributed by atoms with Gasteiger partial charge in [-0.2, -0.15) is 0 Å². The minimum absolute atomic E-state index is 0.492. The standard InChI is InChI=1S/C21H18ClNO/c1-16-6-2-4-8-20(16)23-14-18-7-3-5-9-21(18)24-15-17-10-12-19(22)13-11-17/h2-14H,15H2,1H3. The minimum atomic E-state index is 0.492. The van der Waals surface area contributed by atoms with Crippen molar-refractivity contribution < 1.29 is 4.74 Å². The van der Waals surface area contributed by atoms with Crippen LogP contribution >= 0.6 is 11.6 Å². The van der Waals surface area contributed by atoms with Crippen LogP contribution in [0.25, 0.3) is 0 Å². The van der Waals surface area contributed by atoms with Crippen LogP contribution in [0.15, 0.2) is 77.8 Å². The van der Waals surface area contributed by atoms with E-state index in [1.807, 2.05) is 72.9 Å². The molecule has 3 heteroatoms. The van der Waals surface area contributed by atoms with E-state index in [-0.39, 0.29) is 0 Å². The predicted molar refractivity (Wildman–Crippen MR) is 101 cm³/mol. The molecule has 0 aliphatic rings. The number of aliphatic imine (C=N–C) groups is 1. The van der Waals surface area contributed by atoms with E-state index in [1.165, 1.54) is 0 Å². The molecular weight excluding hydrogens is 318 g/mol. The van der Waals surface area contributed by atoms with Gasteiger partial charge in [-0.1, -0.05) is 54.1 Å². The molecule has 0 spiro atoms. The van der Waals surface area contributed by atoms with Gasteiger partial charge in [-0.25, -0.2) is 0 Å². The average Bonchev–Trinajstić information content (AvgIpc) is 2.61. The maximum absolute atomic E-state index is 5.95. The SMILES string of the molecule is Cc1ccccc1N=Cc1ccccc1OCc1ccc(Cl)cc1. The van der Waals surface area contributed by atoms with E-state index in [2.05, 4.69) is 18.0 Å². The molecule has 0 unspecified atom stereocenters. The molecule has 2 nitrogen and oxygen atoms in total. The number of rotatable bonds is 5. The number of para-hydroxylation sites is 2. The summed E-state index contributed by atoms with van der Waals surface area (Å²) in [5.74, 6) is 0.810. The molecule has 0 aliphatic carbocycles. The first-order valence-electron chi connectivity index (χ1n) is 7.78. The quantitative estimate of drug-likeness (QED) is 0.526. The molecule has 120 valence electrons. The monoisotopic (exact) mass is 335 g/mol. The van der Waals surface area contributed by atoms with Crippen LogP contribution in [-0.4, -0.2) is 6.21 Å². The number of benzene rings is 3. The van der Waals surface area contributed by atoms with Crippen LogP contribution in [0.4, 0.5) is 5.69 Å². The Bertz CT molecular complexity index is 840. The molecule has 3 aromatic carbocycles. The van der Waals surface area contributed by atoms with Crippen LogP contribution in [-0.2, 0) is 6.61 Å². The van der Waals surface area contributed by atoms with Gasteiger partial charge < -0.3 is 4.74 Å². The summed E-state index contributed by atoms with van der Waals surface area (Å²) < 4.78 is 5.95. The molecule has 0 amide bonds. The molecular formula is C21H18ClNO. The molecule has 3 aromatic rings. The Kier molecular flexibility index (Phi) is 5.29. The lowest BCUT2D eigenvalue weighted by molar-refractivity contribution is 0.306. The summed E-state index contributed by atoms with van der Waals surface area (Å²) in [6, 6.07) is 23.6. The Morgan fingerprint density at radius 2 is 1.62 bits per heavy atom. The summed E-state index contributed by atoms with van der Waals surface area (Å²) in [6.07, 6.45) is 1.85. The third kappa shape index (κ3) is 4.24. The molecule has 0 N–H and O–H groups in total. The van der Waals surface area contributed by atoms with Gasteiger partial charge in [0.25, 0.3) is 0 Å². The van der Waals surface area contributed by atoms with Crippen LogP contribution in [0.5, 0.6) is 5.75 Å². The van der Waals surface area contributed by atoms with Gasteiger partial charge in [0.15, 0.2) is 0 Å². The Morgan fingerprint density at radius 3 is 2.42 bits per heavy atom. The molecule has 0 heterocycles. The van der Waals surface area contributed by atoms with E-state index in [4.69, 9.17) is 16.3 Å². The first-order chi connectivity index (χ1) is 11.7. The summed E-state index contributed by atoms with van der Waals surface area (Å²) in [5.41, 5.74) is 4.14. The number of hydrogen-bond donors (Lipinski definition) is 0. The third-order valence-electron chi connectivity index (χ3n) is 3.68. The molecule has 0 aromatic heterocycles. The van der Waals surface area contributed by atoms with E-state index >= 15 is 0 Å². The van der Waals surface area contributed by atoms with Crippen LogP contribution in [0, 0.1) is 6.92 Å². The smallest absolute Gasteiger partial charge is 0.128 e. The van der Waals surface area contributed by atoms with E-state index in [1.54, 1.807) is 0 Å². The number of halogens is 1. The fourth-order valence-electron chi connectivity index (χ4n) is 2.31. The van der Waals surface area contributed by atoms with E-state index in [9.17, 15) is 0 Å². The summed E-state index contributed by atoms with van der Waals surface area (Å²) in [6.45, 7) is 2.54. The van der Waals surface area contributed by atoms with Crippen molar-refractivity contribution in [1.29, 1.82) is 0 Å². The highest BCUT2D eigenvalue weighted by Crippen LogP contribution is 2.21. The van der Waals surface area contributed by atoms with E-state index < -0.39 is 0 Å². The van der Waals surface area contributed by atoms with Gasteiger partial charge in [0.2, 0.25) is 0 Å². The maximum atomic E-state index is 5.95. The van der Waals surface area contributed by atoms with Crippen LogP contribution in [0.3, 0.4) is 0 Å². The minimum Gasteiger partial charge on any atom is -0.488 e. The summed E-state index contributed by atoms with van der Waals surface area (Å²) in [4.78, 5) is 4.58. The zero-order valence-electron chi connectivity index (χ0n) is 13.4. The van der Waals surface area contributed by atoms with Crippen molar-refractivity contribution in [3.05, 3.63) is 94.5 Å². The van der Waals surface area contributed by atoms with Gasteiger partial charge in [-0.15, -0.1) is 0 Å². The predicted octanol–water partition coefficient (Wildman–Crippen LogP) is 5.98. The highest BCUT2D eigenvalue weighted by molar-refractivity contribution is 6.30. The second kappa shape index (κ2) is 7.80. The molecule has 24 heavy (non-hydrogen) atoms. The fourth-order valence-corrected chi connectivity index (χ4v) is 2.43. The summed E-state index contributed by atoms with van der Waals surface area (Å²) in [7, 11) is 0. The molecule has 3 rings (SSSR count). The molecule has 0 radical (unpaired) electrons. The number of hydrogen-bond acceptors (Lipinski definition) is 2. The number of nitrogens with zero attached hydrogens (tertiary/aromatic N) is 1. The molecule has 0 saturated carbocycles. The van der Waals surface area contributed by atoms with Crippen molar-refractivity contribution in [3.8, 4) is 5.75 Å². The molecule has 0 bridgehead atoms. The van der Waals surface area contributed by atoms with Gasteiger partial charge in [0.1, 0.15) is 12.4 Å². The van der Waals surface area contributed by atoms with Crippen molar-refractivity contribution in [2.45, 2.75) is 13.5 Å². The van der Waals surface area contributed by atoms with Crippen molar-refractivity contribution in [3.63, 3.8) is 0 Å². The number of ether oxygens (including phenoxy) is 1. The lowest BCUT2D eigenvalue weighted by Gasteiger charge is -2.09. The Hall–Kier alpha value is -2.58. The Balaban J connectivity index is 1.75. The first kappa shape index (κ1) is 16.3. The Labute approximate surface area is 147 Å². The van der Waals surface area contributed by atoms with E-state index in [0.717, 1.165) is 33.1 Å². The van der Waals surface area contributed by atoms with Crippen molar-refractivity contribution in [1.82, 2.24) is 0 Å². The van der Waals surface area contributed by atoms with Gasteiger partial charge >= 0.3 is 0 Å². The molecule has 0 aliphatic heterocycles. The van der Waals surface area contributed by atoms with Gasteiger partial charge in [0.05, 0.1) is 5.69 Å². The fraction of sp³-hybridized carbons (Fsp3) is 0.0952. The summed E-state index contributed by atoms with van der Waals surface area (Å²) in [5, 5.41) is 0.726. The molecule has 0 fully saturated rings. The van der Waals surface area contributed by atoms with Crippen LogP contribution in [0.1, 0.15) is 16.7 Å². The average molecular weight is 336 g/mol. The first-order valence-corrected chi connectivity index (χ1v) is 8.16. The Morgan fingerprint density at radius 1 is 0.917 bits per heavy atom. The van der Waals surface area contributed by atoms with Crippen molar-refractivity contribution >= 4 is 23.5 Å². The molecule has 0 saturated heterocycles. The van der Waals surface area contributed by atoms with Crippen molar-refractivity contribution in [2.75, 3.05) is 0 Å². The molecule has 0 atom stereocenters. The van der Waals surface area contributed by atoms with Crippen molar-refractivity contribution in [2.24, 2.45) is 4.99 Å². The summed E-state index contributed by atoms with van der Waals surface area (Å²) >= 11 is 5.91. The van der Waals surface area contributed by atoms with Crippen LogP contribution in [0.2, 0.25) is 5.02 Å². The third-order valence-corrected chi connectivity index (χ3v) is 3.94. The maximum Gasteiger partial charge on any atom is 0.128 e. The zero-order chi connectivity index (χ0) is 16.8. The normalized spacial score (nSPS) is 10.9.